The maximum atomic E-state index is 5.06. The van der Waals surface area contributed by atoms with E-state index in [4.69, 9.17) is 9.47 Å². The van der Waals surface area contributed by atoms with Gasteiger partial charge in [-0.15, -0.1) is 0 Å². The second-order valence-electron chi connectivity index (χ2n) is 1.48. The third-order valence-electron chi connectivity index (χ3n) is 0.803. The Bertz CT molecular complexity index is 44.3. The fourth-order valence-corrected chi connectivity index (χ4v) is 0.518. The van der Waals surface area contributed by atoms with Crippen molar-refractivity contribution in [3.05, 3.63) is 0 Å². The van der Waals surface area contributed by atoms with Crippen molar-refractivity contribution in [1.29, 1.82) is 0 Å². The molecule has 0 aromatic heterocycles. The summed E-state index contributed by atoms with van der Waals surface area (Å²) in [4.78, 5) is 0. The largest absolute Gasteiger partial charge is 0.353 e. The fraction of sp³-hybridized carbons (Fsp3) is 1.00. The van der Waals surface area contributed by atoms with E-state index in [2.05, 4.69) is 0 Å². The van der Waals surface area contributed by atoms with Crippen LogP contribution in [0, 0.1) is 0 Å². The van der Waals surface area contributed by atoms with Crippen molar-refractivity contribution in [2.24, 2.45) is 0 Å². The first-order valence-corrected chi connectivity index (χ1v) is 3.04. The molecule has 0 atom stereocenters. The first-order valence-electron chi connectivity index (χ1n) is 3.04. The molecule has 9 heavy (non-hydrogen) atoms. The summed E-state index contributed by atoms with van der Waals surface area (Å²) in [5.74, 6) is 0. The van der Waals surface area contributed by atoms with E-state index in [1.807, 2.05) is 20.8 Å². The van der Waals surface area contributed by atoms with Gasteiger partial charge in [-0.1, -0.05) is 0 Å². The average Bonchev–Trinajstić information content (AvgIpc) is 1.68. The first-order chi connectivity index (χ1) is 3.81. The molecular formula is C6H14CuO2. The standard InChI is InChI=1S/C6H14O2.Cu/c1-4-7-6(3)8-5-2;/h6H,4-5H2,1-3H3;. The number of rotatable bonds is 4. The van der Waals surface area contributed by atoms with Crippen molar-refractivity contribution in [1.82, 2.24) is 0 Å². The number of hydrogen-bond acceptors (Lipinski definition) is 2. The SMILES string of the molecule is CCOC(C)OCC.[Cu]. The number of ether oxygens (including phenoxy) is 2. The summed E-state index contributed by atoms with van der Waals surface area (Å²) in [6, 6.07) is 0. The topological polar surface area (TPSA) is 18.5 Å². The van der Waals surface area contributed by atoms with Gasteiger partial charge in [0.05, 0.1) is 0 Å². The molecule has 0 aliphatic rings. The summed E-state index contributed by atoms with van der Waals surface area (Å²) in [6.07, 6.45) is -0.0370. The van der Waals surface area contributed by atoms with Gasteiger partial charge in [-0.2, -0.15) is 0 Å². The predicted octanol–water partition coefficient (Wildman–Crippen LogP) is 1.40. The smallest absolute Gasteiger partial charge is 0.154 e. The molecule has 0 aromatic rings. The van der Waals surface area contributed by atoms with Gasteiger partial charge < -0.3 is 9.47 Å². The van der Waals surface area contributed by atoms with Crippen LogP contribution in [-0.4, -0.2) is 19.5 Å². The Balaban J connectivity index is 0. The Kier molecular flexibility index (Phi) is 11.4. The van der Waals surface area contributed by atoms with Gasteiger partial charge in [-0.25, -0.2) is 0 Å². The molecule has 0 spiro atoms. The van der Waals surface area contributed by atoms with Crippen molar-refractivity contribution < 1.29 is 26.5 Å². The molecule has 0 bridgehead atoms. The van der Waals surface area contributed by atoms with E-state index in [1.165, 1.54) is 0 Å². The Hall–Kier alpha value is 0.439. The van der Waals surface area contributed by atoms with Crippen LogP contribution in [0.1, 0.15) is 20.8 Å². The predicted molar refractivity (Wildman–Crippen MR) is 32.7 cm³/mol. The van der Waals surface area contributed by atoms with Crippen molar-refractivity contribution in [2.75, 3.05) is 13.2 Å². The quantitative estimate of drug-likeness (QED) is 0.482. The summed E-state index contributed by atoms with van der Waals surface area (Å²) in [5, 5.41) is 0. The van der Waals surface area contributed by atoms with Gasteiger partial charge in [0.1, 0.15) is 0 Å². The second-order valence-corrected chi connectivity index (χ2v) is 1.48. The van der Waals surface area contributed by atoms with Gasteiger partial charge in [0, 0.05) is 30.3 Å². The molecule has 0 heterocycles. The molecule has 0 unspecified atom stereocenters. The Morgan fingerprint density at radius 3 is 1.67 bits per heavy atom. The van der Waals surface area contributed by atoms with Crippen LogP contribution in [0.25, 0.3) is 0 Å². The zero-order valence-corrected chi connectivity index (χ0v) is 7.05. The van der Waals surface area contributed by atoms with E-state index in [1.54, 1.807) is 0 Å². The molecule has 3 heteroatoms. The zero-order chi connectivity index (χ0) is 6.41. The van der Waals surface area contributed by atoms with Gasteiger partial charge in [-0.05, 0) is 20.8 Å². The van der Waals surface area contributed by atoms with Gasteiger partial charge in [0.2, 0.25) is 0 Å². The molecule has 0 amide bonds. The van der Waals surface area contributed by atoms with Crippen molar-refractivity contribution >= 4 is 0 Å². The van der Waals surface area contributed by atoms with Gasteiger partial charge in [-0.3, -0.25) is 0 Å². The molecule has 0 fully saturated rings. The Labute approximate surface area is 67.4 Å². The molecule has 2 nitrogen and oxygen atoms in total. The van der Waals surface area contributed by atoms with Gasteiger partial charge in [0.15, 0.2) is 6.29 Å². The van der Waals surface area contributed by atoms with Crippen molar-refractivity contribution in [3.8, 4) is 0 Å². The molecule has 0 saturated heterocycles. The van der Waals surface area contributed by atoms with E-state index in [0.717, 1.165) is 13.2 Å². The Morgan fingerprint density at radius 2 is 1.44 bits per heavy atom. The van der Waals surface area contributed by atoms with E-state index < -0.39 is 0 Å². The van der Waals surface area contributed by atoms with Crippen LogP contribution in [-0.2, 0) is 26.5 Å². The van der Waals surface area contributed by atoms with Gasteiger partial charge in [0.25, 0.3) is 0 Å². The Morgan fingerprint density at radius 1 is 1.11 bits per heavy atom. The third-order valence-corrected chi connectivity index (χ3v) is 0.803. The van der Waals surface area contributed by atoms with Crippen LogP contribution in [0.15, 0.2) is 0 Å². The summed E-state index contributed by atoms with van der Waals surface area (Å²) < 4.78 is 10.1. The maximum Gasteiger partial charge on any atom is 0.154 e. The minimum Gasteiger partial charge on any atom is -0.353 e. The first kappa shape index (κ1) is 12.1. The molecule has 0 aliphatic heterocycles. The minimum absolute atomic E-state index is 0. The van der Waals surface area contributed by atoms with Crippen LogP contribution in [0.4, 0.5) is 0 Å². The van der Waals surface area contributed by atoms with E-state index in [-0.39, 0.29) is 23.4 Å². The van der Waals surface area contributed by atoms with Gasteiger partial charge >= 0.3 is 0 Å². The van der Waals surface area contributed by atoms with E-state index >= 15 is 0 Å². The van der Waals surface area contributed by atoms with Crippen LogP contribution in [0.3, 0.4) is 0 Å². The fourth-order valence-electron chi connectivity index (χ4n) is 0.518. The molecule has 0 saturated carbocycles. The second kappa shape index (κ2) is 8.44. The molecule has 1 radical (unpaired) electrons. The monoisotopic (exact) mass is 181 g/mol. The van der Waals surface area contributed by atoms with Crippen molar-refractivity contribution in [2.45, 2.75) is 27.1 Å². The molecule has 0 aromatic carbocycles. The van der Waals surface area contributed by atoms with E-state index in [0.29, 0.717) is 0 Å². The molecular weight excluding hydrogens is 168 g/mol. The third kappa shape index (κ3) is 8.44. The molecule has 0 rings (SSSR count). The summed E-state index contributed by atoms with van der Waals surface area (Å²) >= 11 is 0. The maximum absolute atomic E-state index is 5.06. The average molecular weight is 182 g/mol. The normalized spacial score (nSPS) is 9.33. The van der Waals surface area contributed by atoms with Crippen LogP contribution in [0.5, 0.6) is 0 Å². The van der Waals surface area contributed by atoms with E-state index in [9.17, 15) is 0 Å². The van der Waals surface area contributed by atoms with Crippen LogP contribution >= 0.6 is 0 Å². The zero-order valence-electron chi connectivity index (χ0n) is 6.11. The summed E-state index contributed by atoms with van der Waals surface area (Å²) in [5.41, 5.74) is 0. The van der Waals surface area contributed by atoms with Crippen LogP contribution in [0.2, 0.25) is 0 Å². The minimum atomic E-state index is -0.0370. The van der Waals surface area contributed by atoms with Crippen molar-refractivity contribution in [3.63, 3.8) is 0 Å². The molecule has 0 aliphatic carbocycles. The molecule has 0 N–H and O–H groups in total. The summed E-state index contributed by atoms with van der Waals surface area (Å²) in [7, 11) is 0. The summed E-state index contributed by atoms with van der Waals surface area (Å²) in [6.45, 7) is 7.25. The molecule has 61 valence electrons. The van der Waals surface area contributed by atoms with Crippen LogP contribution < -0.4 is 0 Å². The number of hydrogen-bond donors (Lipinski definition) is 0.